The molecule has 0 fully saturated rings. The Kier molecular flexibility index (Phi) is 5.84. The molecule has 0 amide bonds. The molecule has 6 nitrogen and oxygen atoms in total. The number of carboxylic acid groups (broad SMARTS) is 1. The number of carbonyl (C=O) groups excluding carboxylic acids is 2. The second-order valence-corrected chi connectivity index (χ2v) is 3.29. The van der Waals surface area contributed by atoms with Crippen molar-refractivity contribution in [1.29, 1.82) is 0 Å². The van der Waals surface area contributed by atoms with Crippen LogP contribution >= 0.6 is 0 Å². The van der Waals surface area contributed by atoms with Gasteiger partial charge in [-0.2, -0.15) is 0 Å². The summed E-state index contributed by atoms with van der Waals surface area (Å²) in [4.78, 5) is 32.3. The average molecular weight is 230 g/mol. The molecule has 0 bridgehead atoms. The zero-order valence-electron chi connectivity index (χ0n) is 9.19. The monoisotopic (exact) mass is 230 g/mol. The van der Waals surface area contributed by atoms with Crippen molar-refractivity contribution in [2.24, 2.45) is 5.92 Å². The predicted molar refractivity (Wildman–Crippen MR) is 53.3 cm³/mol. The molecule has 16 heavy (non-hydrogen) atoms. The minimum atomic E-state index is -1.09. The van der Waals surface area contributed by atoms with Crippen molar-refractivity contribution < 1.29 is 29.0 Å². The molecule has 0 heterocycles. The van der Waals surface area contributed by atoms with Crippen LogP contribution in [-0.4, -0.2) is 29.8 Å². The lowest BCUT2D eigenvalue weighted by atomic mass is 10.1. The highest BCUT2D eigenvalue weighted by Crippen LogP contribution is 2.03. The Morgan fingerprint density at radius 2 is 1.88 bits per heavy atom. The minimum absolute atomic E-state index is 0.190. The van der Waals surface area contributed by atoms with E-state index < -0.39 is 30.6 Å². The molecule has 0 aromatic heterocycles. The predicted octanol–water partition coefficient (Wildman–Crippen LogP) is 0.717. The number of esters is 2. The van der Waals surface area contributed by atoms with E-state index in [4.69, 9.17) is 5.11 Å². The van der Waals surface area contributed by atoms with Gasteiger partial charge in [-0.25, -0.2) is 4.79 Å². The molecular weight excluding hydrogens is 216 g/mol. The van der Waals surface area contributed by atoms with Crippen molar-refractivity contribution in [2.75, 3.05) is 6.79 Å². The van der Waals surface area contributed by atoms with Gasteiger partial charge in [0.1, 0.15) is 0 Å². The Hall–Kier alpha value is -1.85. The summed E-state index contributed by atoms with van der Waals surface area (Å²) in [5.74, 6) is -3.32. The van der Waals surface area contributed by atoms with E-state index in [9.17, 15) is 14.4 Å². The third-order valence-electron chi connectivity index (χ3n) is 1.65. The summed E-state index contributed by atoms with van der Waals surface area (Å²) < 4.78 is 8.98. The highest BCUT2D eigenvalue weighted by molar-refractivity contribution is 5.87. The maximum absolute atomic E-state index is 11.0. The van der Waals surface area contributed by atoms with Crippen LogP contribution in [0.1, 0.15) is 20.3 Å². The molecular formula is C10H14O6. The standard InChI is InChI=1S/C10H14O6/c1-6(2)10(14)16-5-15-8(11)4-7(3)9(12)13/h7H,1,4-5H2,2-3H3,(H,12,13). The lowest BCUT2D eigenvalue weighted by molar-refractivity contribution is -0.166. The van der Waals surface area contributed by atoms with Crippen molar-refractivity contribution in [3.05, 3.63) is 12.2 Å². The second-order valence-electron chi connectivity index (χ2n) is 3.29. The maximum Gasteiger partial charge on any atom is 0.335 e. The molecule has 0 aliphatic carbocycles. The third kappa shape index (κ3) is 5.79. The fourth-order valence-electron chi connectivity index (χ4n) is 0.668. The molecule has 0 rings (SSSR count). The van der Waals surface area contributed by atoms with Crippen LogP contribution < -0.4 is 0 Å². The molecule has 0 saturated carbocycles. The lowest BCUT2D eigenvalue weighted by Crippen LogP contribution is -2.18. The molecule has 1 unspecified atom stereocenters. The number of ether oxygens (including phenoxy) is 2. The highest BCUT2D eigenvalue weighted by Gasteiger charge is 2.17. The molecule has 0 aliphatic heterocycles. The van der Waals surface area contributed by atoms with Crippen LogP contribution in [-0.2, 0) is 23.9 Å². The van der Waals surface area contributed by atoms with Gasteiger partial charge < -0.3 is 14.6 Å². The fourth-order valence-corrected chi connectivity index (χ4v) is 0.668. The van der Waals surface area contributed by atoms with Gasteiger partial charge in [0.2, 0.25) is 6.79 Å². The fraction of sp³-hybridized carbons (Fsp3) is 0.500. The molecule has 90 valence electrons. The van der Waals surface area contributed by atoms with Gasteiger partial charge in [0.15, 0.2) is 0 Å². The van der Waals surface area contributed by atoms with E-state index >= 15 is 0 Å². The van der Waals surface area contributed by atoms with Gasteiger partial charge in [-0.05, 0) is 6.92 Å². The van der Waals surface area contributed by atoms with Crippen molar-refractivity contribution >= 4 is 17.9 Å². The Balaban J connectivity index is 3.79. The first-order valence-electron chi connectivity index (χ1n) is 4.55. The summed E-state index contributed by atoms with van der Waals surface area (Å²) in [7, 11) is 0. The molecule has 0 aromatic carbocycles. The zero-order valence-corrected chi connectivity index (χ0v) is 9.19. The Morgan fingerprint density at radius 1 is 1.31 bits per heavy atom. The zero-order chi connectivity index (χ0) is 12.7. The van der Waals surface area contributed by atoms with Crippen molar-refractivity contribution in [2.45, 2.75) is 20.3 Å². The van der Waals surface area contributed by atoms with Gasteiger partial charge >= 0.3 is 17.9 Å². The van der Waals surface area contributed by atoms with Crippen molar-refractivity contribution in [1.82, 2.24) is 0 Å². The number of carbonyl (C=O) groups is 3. The average Bonchev–Trinajstić information content (AvgIpc) is 2.16. The lowest BCUT2D eigenvalue weighted by Gasteiger charge is -2.07. The molecule has 1 N–H and O–H groups in total. The minimum Gasteiger partial charge on any atom is -0.481 e. The molecule has 0 spiro atoms. The number of hydrogen-bond acceptors (Lipinski definition) is 5. The first-order chi connectivity index (χ1) is 7.34. The van der Waals surface area contributed by atoms with E-state index in [1.165, 1.54) is 13.8 Å². The maximum atomic E-state index is 11.0. The number of carboxylic acids is 1. The third-order valence-corrected chi connectivity index (χ3v) is 1.65. The van der Waals surface area contributed by atoms with Gasteiger partial charge in [0.05, 0.1) is 12.3 Å². The normalized spacial score (nSPS) is 11.4. The molecule has 1 atom stereocenters. The summed E-state index contributed by atoms with van der Waals surface area (Å²) in [5.41, 5.74) is 0.190. The van der Waals surface area contributed by atoms with Gasteiger partial charge in [-0.1, -0.05) is 13.5 Å². The van der Waals surface area contributed by atoms with E-state index in [1.54, 1.807) is 0 Å². The Bertz CT molecular complexity index is 306. The van der Waals surface area contributed by atoms with Crippen LogP contribution in [0.4, 0.5) is 0 Å². The second kappa shape index (κ2) is 6.60. The van der Waals surface area contributed by atoms with E-state index in [1.807, 2.05) is 0 Å². The van der Waals surface area contributed by atoms with E-state index in [0.717, 1.165) is 0 Å². The number of hydrogen-bond donors (Lipinski definition) is 1. The van der Waals surface area contributed by atoms with Crippen molar-refractivity contribution in [3.63, 3.8) is 0 Å². The smallest absolute Gasteiger partial charge is 0.335 e. The van der Waals surface area contributed by atoms with Gasteiger partial charge in [-0.15, -0.1) is 0 Å². The largest absolute Gasteiger partial charge is 0.481 e. The molecule has 0 aliphatic rings. The number of aliphatic carboxylic acids is 1. The van der Waals surface area contributed by atoms with E-state index in [0.29, 0.717) is 0 Å². The Morgan fingerprint density at radius 3 is 2.31 bits per heavy atom. The van der Waals surface area contributed by atoms with E-state index in [2.05, 4.69) is 16.1 Å². The molecule has 0 aromatic rings. The molecule has 0 radical (unpaired) electrons. The first kappa shape index (κ1) is 14.2. The van der Waals surface area contributed by atoms with Gasteiger partial charge in [-0.3, -0.25) is 9.59 Å². The summed E-state index contributed by atoms with van der Waals surface area (Å²) in [6.45, 7) is 5.63. The SMILES string of the molecule is C=C(C)C(=O)OCOC(=O)CC(C)C(=O)O. The van der Waals surface area contributed by atoms with Gasteiger partial charge in [0, 0.05) is 5.57 Å². The van der Waals surface area contributed by atoms with Gasteiger partial charge in [0.25, 0.3) is 0 Å². The number of rotatable bonds is 6. The van der Waals surface area contributed by atoms with Crippen LogP contribution in [0.3, 0.4) is 0 Å². The van der Waals surface area contributed by atoms with Crippen LogP contribution in [0.15, 0.2) is 12.2 Å². The summed E-state index contributed by atoms with van der Waals surface area (Å²) in [6, 6.07) is 0. The van der Waals surface area contributed by atoms with Crippen LogP contribution in [0.5, 0.6) is 0 Å². The quantitative estimate of drug-likeness (QED) is 0.410. The summed E-state index contributed by atoms with van der Waals surface area (Å²) in [6.07, 6.45) is -0.264. The summed E-state index contributed by atoms with van der Waals surface area (Å²) in [5, 5.41) is 8.51. The Labute approximate surface area is 92.8 Å². The molecule has 0 saturated heterocycles. The topological polar surface area (TPSA) is 89.9 Å². The van der Waals surface area contributed by atoms with Crippen LogP contribution in [0.25, 0.3) is 0 Å². The molecule has 6 heteroatoms. The van der Waals surface area contributed by atoms with Crippen LogP contribution in [0.2, 0.25) is 0 Å². The summed E-state index contributed by atoms with van der Waals surface area (Å²) >= 11 is 0. The van der Waals surface area contributed by atoms with Crippen LogP contribution in [0, 0.1) is 5.92 Å². The van der Waals surface area contributed by atoms with E-state index in [-0.39, 0.29) is 12.0 Å². The highest BCUT2D eigenvalue weighted by atomic mass is 16.7. The van der Waals surface area contributed by atoms with Crippen molar-refractivity contribution in [3.8, 4) is 0 Å². The first-order valence-corrected chi connectivity index (χ1v) is 4.55.